The summed E-state index contributed by atoms with van der Waals surface area (Å²) in [7, 11) is 0. The Morgan fingerprint density at radius 2 is 1.95 bits per heavy atom. The molecule has 110 valence electrons. The smallest absolute Gasteiger partial charge is 0.0482 e. The Morgan fingerprint density at radius 3 is 2.67 bits per heavy atom. The molecular weight excluding hydrogens is 258 g/mol. The highest BCUT2D eigenvalue weighted by Crippen LogP contribution is 2.41. The molecule has 3 heteroatoms. The summed E-state index contributed by atoms with van der Waals surface area (Å²) in [6.07, 6.45) is 4.09. The summed E-state index contributed by atoms with van der Waals surface area (Å²) in [5.41, 5.74) is 6.91. The quantitative estimate of drug-likeness (QED) is 0.669. The number of fused-ring (bicyclic) bond motifs is 1. The second-order valence-electron chi connectivity index (χ2n) is 6.42. The minimum absolute atomic E-state index is 0.0557. The molecule has 21 heavy (non-hydrogen) atoms. The molecule has 1 aliphatic carbocycles. The number of benzene rings is 1. The highest BCUT2D eigenvalue weighted by atomic mass is 15.2. The lowest BCUT2D eigenvalue weighted by Gasteiger charge is -2.38. The Hall–Kier alpha value is -1.71. The number of hydrogen-bond donors (Lipinski definition) is 2. The van der Waals surface area contributed by atoms with Crippen LogP contribution in [0.1, 0.15) is 43.0 Å². The number of nitrogens with two attached hydrogens (primary N) is 1. The third kappa shape index (κ3) is 2.47. The molecule has 0 saturated carbocycles. The van der Waals surface area contributed by atoms with Crippen LogP contribution in [0.5, 0.6) is 0 Å². The molecule has 0 radical (unpaired) electrons. The largest absolute Gasteiger partial charge is 0.271 e. The first-order valence-electron chi connectivity index (χ1n) is 7.60. The van der Waals surface area contributed by atoms with Crippen LogP contribution in [0.15, 0.2) is 48.7 Å². The SMILES string of the molecule is CC(C)(c1ccccc1)C(NN)C1CCc2cccnc21. The fraction of sp³-hybridized carbons (Fsp3) is 0.389. The van der Waals surface area contributed by atoms with Crippen molar-refractivity contribution in [3.63, 3.8) is 0 Å². The van der Waals surface area contributed by atoms with E-state index in [4.69, 9.17) is 5.84 Å². The van der Waals surface area contributed by atoms with Crippen LogP contribution < -0.4 is 11.3 Å². The molecule has 2 unspecified atom stereocenters. The molecule has 1 aromatic heterocycles. The second kappa shape index (κ2) is 5.58. The Kier molecular flexibility index (Phi) is 3.79. The number of hydrazine groups is 1. The Balaban J connectivity index is 1.96. The lowest BCUT2D eigenvalue weighted by Crippen LogP contribution is -2.51. The summed E-state index contributed by atoms with van der Waals surface area (Å²) in [5.74, 6) is 6.32. The van der Waals surface area contributed by atoms with E-state index in [0.717, 1.165) is 12.8 Å². The molecule has 0 fully saturated rings. The van der Waals surface area contributed by atoms with Gasteiger partial charge in [0.05, 0.1) is 0 Å². The third-order valence-electron chi connectivity index (χ3n) is 4.88. The van der Waals surface area contributed by atoms with Crippen LogP contribution in [0.4, 0.5) is 0 Å². The van der Waals surface area contributed by atoms with Gasteiger partial charge >= 0.3 is 0 Å². The normalized spacial score (nSPS) is 19.3. The molecular formula is C18H23N3. The van der Waals surface area contributed by atoms with E-state index in [2.05, 4.69) is 60.7 Å². The van der Waals surface area contributed by atoms with Crippen LogP contribution in [-0.2, 0) is 11.8 Å². The van der Waals surface area contributed by atoms with Gasteiger partial charge in [-0.05, 0) is 30.0 Å². The Bertz CT molecular complexity index is 607. The highest BCUT2D eigenvalue weighted by molar-refractivity contribution is 5.34. The molecule has 2 atom stereocenters. The van der Waals surface area contributed by atoms with Crippen molar-refractivity contribution in [3.05, 3.63) is 65.5 Å². The summed E-state index contributed by atoms with van der Waals surface area (Å²) >= 11 is 0. The number of rotatable bonds is 4. The number of aromatic nitrogens is 1. The highest BCUT2D eigenvalue weighted by Gasteiger charge is 2.40. The second-order valence-corrected chi connectivity index (χ2v) is 6.42. The van der Waals surface area contributed by atoms with Gasteiger partial charge in [-0.25, -0.2) is 0 Å². The lowest BCUT2D eigenvalue weighted by atomic mass is 9.72. The van der Waals surface area contributed by atoms with E-state index in [9.17, 15) is 0 Å². The molecule has 3 rings (SSSR count). The molecule has 1 aliphatic rings. The molecule has 2 aromatic rings. The van der Waals surface area contributed by atoms with Gasteiger partial charge in [-0.2, -0.15) is 0 Å². The van der Waals surface area contributed by atoms with Crippen LogP contribution in [0.3, 0.4) is 0 Å². The van der Waals surface area contributed by atoms with Crippen molar-refractivity contribution in [2.45, 2.75) is 44.1 Å². The summed E-state index contributed by atoms with van der Waals surface area (Å²) in [6.45, 7) is 4.52. The maximum absolute atomic E-state index is 5.96. The number of aryl methyl sites for hydroxylation is 1. The van der Waals surface area contributed by atoms with E-state index in [-0.39, 0.29) is 11.5 Å². The minimum atomic E-state index is -0.0557. The van der Waals surface area contributed by atoms with E-state index in [0.29, 0.717) is 5.92 Å². The molecule has 3 nitrogen and oxygen atoms in total. The minimum Gasteiger partial charge on any atom is -0.271 e. The summed E-state index contributed by atoms with van der Waals surface area (Å²) in [6, 6.07) is 15.0. The van der Waals surface area contributed by atoms with E-state index in [1.165, 1.54) is 16.8 Å². The summed E-state index contributed by atoms with van der Waals surface area (Å²) in [4.78, 5) is 4.62. The summed E-state index contributed by atoms with van der Waals surface area (Å²) in [5, 5.41) is 0. The van der Waals surface area contributed by atoms with E-state index >= 15 is 0 Å². The maximum atomic E-state index is 5.96. The fourth-order valence-electron chi connectivity index (χ4n) is 3.64. The zero-order chi connectivity index (χ0) is 14.9. The lowest BCUT2D eigenvalue weighted by molar-refractivity contribution is 0.292. The van der Waals surface area contributed by atoms with Gasteiger partial charge in [0.25, 0.3) is 0 Å². The van der Waals surface area contributed by atoms with Crippen LogP contribution in [0.25, 0.3) is 0 Å². The van der Waals surface area contributed by atoms with Crippen molar-refractivity contribution in [2.24, 2.45) is 5.84 Å². The zero-order valence-corrected chi connectivity index (χ0v) is 12.7. The average Bonchev–Trinajstić information content (AvgIpc) is 2.93. The average molecular weight is 281 g/mol. The fourth-order valence-corrected chi connectivity index (χ4v) is 3.64. The zero-order valence-electron chi connectivity index (χ0n) is 12.7. The molecule has 0 amide bonds. The van der Waals surface area contributed by atoms with E-state index in [1.54, 1.807) is 0 Å². The molecule has 0 spiro atoms. The van der Waals surface area contributed by atoms with Gasteiger partial charge in [-0.1, -0.05) is 50.2 Å². The van der Waals surface area contributed by atoms with Crippen molar-refractivity contribution in [2.75, 3.05) is 0 Å². The monoisotopic (exact) mass is 281 g/mol. The van der Waals surface area contributed by atoms with Crippen molar-refractivity contribution in [3.8, 4) is 0 Å². The van der Waals surface area contributed by atoms with Crippen LogP contribution in [0.2, 0.25) is 0 Å². The van der Waals surface area contributed by atoms with Gasteiger partial charge in [0, 0.05) is 29.3 Å². The van der Waals surface area contributed by atoms with E-state index < -0.39 is 0 Å². The number of hydrogen-bond acceptors (Lipinski definition) is 3. The van der Waals surface area contributed by atoms with Gasteiger partial charge in [0.2, 0.25) is 0 Å². The molecule has 0 bridgehead atoms. The van der Waals surface area contributed by atoms with Gasteiger partial charge in [-0.3, -0.25) is 16.3 Å². The standard InChI is InChI=1S/C18H23N3/c1-18(2,14-8-4-3-5-9-14)17(21-19)15-11-10-13-7-6-12-20-16(13)15/h3-9,12,15,17,21H,10-11,19H2,1-2H3. The van der Waals surface area contributed by atoms with Crippen molar-refractivity contribution in [1.29, 1.82) is 0 Å². The van der Waals surface area contributed by atoms with Crippen LogP contribution >= 0.6 is 0 Å². The van der Waals surface area contributed by atoms with Crippen LogP contribution in [-0.4, -0.2) is 11.0 Å². The predicted molar refractivity (Wildman–Crippen MR) is 85.9 cm³/mol. The first-order valence-corrected chi connectivity index (χ1v) is 7.60. The Labute approximate surface area is 126 Å². The van der Waals surface area contributed by atoms with Crippen LogP contribution in [0, 0.1) is 0 Å². The number of pyridine rings is 1. The molecule has 1 aromatic carbocycles. The van der Waals surface area contributed by atoms with Crippen molar-refractivity contribution >= 4 is 0 Å². The van der Waals surface area contributed by atoms with E-state index in [1.807, 2.05) is 12.3 Å². The molecule has 1 heterocycles. The topological polar surface area (TPSA) is 50.9 Å². The Morgan fingerprint density at radius 1 is 1.19 bits per heavy atom. The number of nitrogens with one attached hydrogen (secondary N) is 1. The predicted octanol–water partition coefficient (Wildman–Crippen LogP) is 2.92. The van der Waals surface area contributed by atoms with Gasteiger partial charge in [-0.15, -0.1) is 0 Å². The summed E-state index contributed by atoms with van der Waals surface area (Å²) < 4.78 is 0. The first-order chi connectivity index (χ1) is 10.1. The van der Waals surface area contributed by atoms with Gasteiger partial charge < -0.3 is 0 Å². The number of nitrogens with zero attached hydrogens (tertiary/aromatic N) is 1. The van der Waals surface area contributed by atoms with Gasteiger partial charge in [0.1, 0.15) is 0 Å². The molecule has 3 N–H and O–H groups in total. The third-order valence-corrected chi connectivity index (χ3v) is 4.88. The molecule has 0 saturated heterocycles. The van der Waals surface area contributed by atoms with Crippen molar-refractivity contribution < 1.29 is 0 Å². The maximum Gasteiger partial charge on any atom is 0.0482 e. The van der Waals surface area contributed by atoms with Crippen molar-refractivity contribution in [1.82, 2.24) is 10.4 Å². The molecule has 0 aliphatic heterocycles. The first kappa shape index (κ1) is 14.2. The van der Waals surface area contributed by atoms with Gasteiger partial charge in [0.15, 0.2) is 0 Å².